The summed E-state index contributed by atoms with van der Waals surface area (Å²) in [5, 5.41) is 0. The van der Waals surface area contributed by atoms with Gasteiger partial charge in [0.15, 0.2) is 0 Å². The minimum Gasteiger partial charge on any atom is -0.377 e. The molecule has 0 aromatic rings. The van der Waals surface area contributed by atoms with E-state index in [-0.39, 0.29) is 6.61 Å². The number of hydrogen-bond donors (Lipinski definition) is 0. The number of alkyl halides is 1. The Morgan fingerprint density at radius 1 is 0.750 bits per heavy atom. The molecular formula is C11H19FO4. The molecule has 0 fully saturated rings. The van der Waals surface area contributed by atoms with Crippen molar-refractivity contribution in [2.24, 2.45) is 0 Å². The van der Waals surface area contributed by atoms with E-state index >= 15 is 0 Å². The molecule has 0 aromatic heterocycles. The van der Waals surface area contributed by atoms with E-state index in [2.05, 4.69) is 5.92 Å². The second-order valence-electron chi connectivity index (χ2n) is 2.78. The van der Waals surface area contributed by atoms with E-state index in [9.17, 15) is 4.39 Å². The van der Waals surface area contributed by atoms with Gasteiger partial charge in [-0.15, -0.1) is 6.42 Å². The zero-order chi connectivity index (χ0) is 11.9. The second-order valence-corrected chi connectivity index (χ2v) is 2.78. The molecule has 0 amide bonds. The molecule has 94 valence electrons. The number of ether oxygens (including phenoxy) is 4. The smallest absolute Gasteiger partial charge is 0.113 e. The molecule has 16 heavy (non-hydrogen) atoms. The molecule has 0 atom stereocenters. The molecule has 4 nitrogen and oxygen atoms in total. The lowest BCUT2D eigenvalue weighted by molar-refractivity contribution is -0.0000152. The fourth-order valence-electron chi connectivity index (χ4n) is 0.845. The number of hydrogen-bond acceptors (Lipinski definition) is 4. The third kappa shape index (κ3) is 13.3. The molecule has 5 heteroatoms. The van der Waals surface area contributed by atoms with E-state index in [1.807, 2.05) is 0 Å². The highest BCUT2D eigenvalue weighted by molar-refractivity contribution is 4.82. The van der Waals surface area contributed by atoms with Gasteiger partial charge in [0.25, 0.3) is 0 Å². The summed E-state index contributed by atoms with van der Waals surface area (Å²) in [6.45, 7) is 2.84. The Labute approximate surface area is 96.0 Å². The average Bonchev–Trinajstić information content (AvgIpc) is 2.31. The third-order valence-corrected chi connectivity index (χ3v) is 1.52. The Hall–Kier alpha value is -0.670. The van der Waals surface area contributed by atoms with Crippen LogP contribution in [0.1, 0.15) is 0 Å². The molecule has 0 unspecified atom stereocenters. The zero-order valence-corrected chi connectivity index (χ0v) is 9.45. The summed E-state index contributed by atoms with van der Waals surface area (Å²) in [7, 11) is 0. The van der Waals surface area contributed by atoms with Crippen LogP contribution >= 0.6 is 0 Å². The van der Waals surface area contributed by atoms with Crippen LogP contribution < -0.4 is 0 Å². The lowest BCUT2D eigenvalue weighted by Gasteiger charge is -2.05. The van der Waals surface area contributed by atoms with Crippen molar-refractivity contribution in [3.8, 4) is 12.3 Å². The maximum absolute atomic E-state index is 11.6. The molecule has 0 aliphatic carbocycles. The fraction of sp³-hybridized carbons (Fsp3) is 0.818. The van der Waals surface area contributed by atoms with Crippen molar-refractivity contribution < 1.29 is 23.3 Å². The van der Waals surface area contributed by atoms with E-state index in [1.165, 1.54) is 0 Å². The standard InChI is InChI=1S/C11H19FO4/c1-2-4-13-6-8-15-10-11-16-9-7-14-5-3-12/h1H,3-11H2. The van der Waals surface area contributed by atoms with Crippen LogP contribution in [0.5, 0.6) is 0 Å². The van der Waals surface area contributed by atoms with Gasteiger partial charge in [-0.2, -0.15) is 0 Å². The molecule has 0 heterocycles. The van der Waals surface area contributed by atoms with Gasteiger partial charge in [0.2, 0.25) is 0 Å². The van der Waals surface area contributed by atoms with Gasteiger partial charge in [-0.05, 0) is 0 Å². The van der Waals surface area contributed by atoms with Crippen LogP contribution in [0.2, 0.25) is 0 Å². The zero-order valence-electron chi connectivity index (χ0n) is 9.45. The van der Waals surface area contributed by atoms with Gasteiger partial charge < -0.3 is 18.9 Å². The maximum Gasteiger partial charge on any atom is 0.113 e. The molecule has 0 saturated heterocycles. The predicted molar refractivity (Wildman–Crippen MR) is 58.1 cm³/mol. The van der Waals surface area contributed by atoms with Crippen molar-refractivity contribution in [1.82, 2.24) is 0 Å². The Bertz CT molecular complexity index is 170. The molecule has 0 radical (unpaired) electrons. The molecule has 0 spiro atoms. The van der Waals surface area contributed by atoms with Crippen LogP contribution in [0, 0.1) is 12.3 Å². The van der Waals surface area contributed by atoms with E-state index in [0.29, 0.717) is 46.2 Å². The second kappa shape index (κ2) is 14.3. The highest BCUT2D eigenvalue weighted by Crippen LogP contribution is 1.82. The SMILES string of the molecule is C#CCOCCOCCOCCOCCF. The van der Waals surface area contributed by atoms with Crippen molar-refractivity contribution >= 4 is 0 Å². The van der Waals surface area contributed by atoms with Crippen molar-refractivity contribution in [2.45, 2.75) is 0 Å². The Morgan fingerprint density at radius 3 is 1.62 bits per heavy atom. The van der Waals surface area contributed by atoms with Gasteiger partial charge in [-0.3, -0.25) is 0 Å². The van der Waals surface area contributed by atoms with Crippen LogP contribution in [-0.2, 0) is 18.9 Å². The van der Waals surface area contributed by atoms with Gasteiger partial charge in [0, 0.05) is 0 Å². The largest absolute Gasteiger partial charge is 0.377 e. The van der Waals surface area contributed by atoms with Crippen molar-refractivity contribution in [1.29, 1.82) is 0 Å². The molecule has 0 aliphatic rings. The lowest BCUT2D eigenvalue weighted by Crippen LogP contribution is -2.12. The van der Waals surface area contributed by atoms with Crippen molar-refractivity contribution in [2.75, 3.05) is 59.5 Å². The lowest BCUT2D eigenvalue weighted by atomic mass is 10.7. The Morgan fingerprint density at radius 2 is 1.19 bits per heavy atom. The summed E-state index contributed by atoms with van der Waals surface area (Å²) >= 11 is 0. The van der Waals surface area contributed by atoms with Gasteiger partial charge in [-0.25, -0.2) is 4.39 Å². The van der Waals surface area contributed by atoms with Crippen LogP contribution in [0.3, 0.4) is 0 Å². The number of rotatable bonds is 12. The van der Waals surface area contributed by atoms with E-state index < -0.39 is 6.67 Å². The molecule has 0 bridgehead atoms. The first kappa shape index (κ1) is 15.3. The molecule has 0 saturated carbocycles. The Kier molecular flexibility index (Phi) is 13.7. The third-order valence-electron chi connectivity index (χ3n) is 1.52. The van der Waals surface area contributed by atoms with Gasteiger partial charge in [0.1, 0.15) is 13.3 Å². The van der Waals surface area contributed by atoms with E-state index in [4.69, 9.17) is 25.4 Å². The van der Waals surface area contributed by atoms with E-state index in [0.717, 1.165) is 0 Å². The fourth-order valence-corrected chi connectivity index (χ4v) is 0.845. The molecule has 0 N–H and O–H groups in total. The molecule has 0 aliphatic heterocycles. The predicted octanol–water partition coefficient (Wildman–Crippen LogP) is 0.655. The highest BCUT2D eigenvalue weighted by atomic mass is 19.1. The molecule has 0 aromatic carbocycles. The van der Waals surface area contributed by atoms with Gasteiger partial charge >= 0.3 is 0 Å². The molecule has 0 rings (SSSR count). The summed E-state index contributed by atoms with van der Waals surface area (Å²) in [6.07, 6.45) is 4.99. The molecular weight excluding hydrogens is 215 g/mol. The van der Waals surface area contributed by atoms with Gasteiger partial charge in [-0.1, -0.05) is 5.92 Å². The van der Waals surface area contributed by atoms with Crippen LogP contribution in [0.25, 0.3) is 0 Å². The van der Waals surface area contributed by atoms with Crippen LogP contribution in [0.4, 0.5) is 4.39 Å². The normalized spacial score (nSPS) is 10.2. The summed E-state index contributed by atoms with van der Waals surface area (Å²) in [6, 6.07) is 0. The van der Waals surface area contributed by atoms with Crippen molar-refractivity contribution in [3.63, 3.8) is 0 Å². The van der Waals surface area contributed by atoms with Crippen molar-refractivity contribution in [3.05, 3.63) is 0 Å². The van der Waals surface area contributed by atoms with Gasteiger partial charge in [0.05, 0.1) is 46.2 Å². The highest BCUT2D eigenvalue weighted by Gasteiger charge is 1.91. The minimum atomic E-state index is -0.458. The monoisotopic (exact) mass is 234 g/mol. The Balaban J connectivity index is 2.86. The topological polar surface area (TPSA) is 36.9 Å². The summed E-state index contributed by atoms with van der Waals surface area (Å²) in [5.41, 5.74) is 0. The van der Waals surface area contributed by atoms with Crippen LogP contribution in [-0.4, -0.2) is 59.5 Å². The first-order chi connectivity index (χ1) is 7.91. The first-order valence-corrected chi connectivity index (χ1v) is 5.22. The first-order valence-electron chi connectivity index (χ1n) is 5.22. The minimum absolute atomic E-state index is 0.131. The summed E-state index contributed by atoms with van der Waals surface area (Å²) in [4.78, 5) is 0. The van der Waals surface area contributed by atoms with E-state index in [1.54, 1.807) is 0 Å². The van der Waals surface area contributed by atoms with Crippen LogP contribution in [0.15, 0.2) is 0 Å². The summed E-state index contributed by atoms with van der Waals surface area (Å²) < 4.78 is 31.8. The number of halogens is 1. The number of terminal acetylenes is 1. The quantitative estimate of drug-likeness (QED) is 0.367. The maximum atomic E-state index is 11.6. The average molecular weight is 234 g/mol. The summed E-state index contributed by atoms with van der Waals surface area (Å²) in [5.74, 6) is 2.36.